The molecule has 1 aromatic heterocycles. The summed E-state index contributed by atoms with van der Waals surface area (Å²) in [6.45, 7) is 11.4. The fraction of sp³-hybridized carbons (Fsp3) is 0.303. The number of aryl methyl sites for hydroxylation is 2. The summed E-state index contributed by atoms with van der Waals surface area (Å²) in [5, 5.41) is 7.96. The Hall–Kier alpha value is -4.59. The second kappa shape index (κ2) is 11.9. The number of amides is 1. The first-order chi connectivity index (χ1) is 19.4. The smallest absolute Gasteiger partial charge is 0.309 e. The molecule has 3 aromatic carbocycles. The molecule has 0 aliphatic heterocycles. The Labute approximate surface area is 241 Å². The van der Waals surface area contributed by atoms with Crippen molar-refractivity contribution in [2.75, 3.05) is 19.5 Å². The van der Waals surface area contributed by atoms with Crippen molar-refractivity contribution in [3.8, 4) is 45.5 Å². The third-order valence-corrected chi connectivity index (χ3v) is 6.48. The molecule has 0 fully saturated rings. The summed E-state index contributed by atoms with van der Waals surface area (Å²) in [4.78, 5) is 24.9. The molecule has 41 heavy (non-hydrogen) atoms. The number of rotatable bonds is 8. The monoisotopic (exact) mass is 555 g/mol. The number of aromatic nitrogens is 2. The van der Waals surface area contributed by atoms with Crippen molar-refractivity contribution in [3.05, 3.63) is 71.8 Å². The Morgan fingerprint density at radius 1 is 0.927 bits per heavy atom. The Morgan fingerprint density at radius 2 is 1.63 bits per heavy atom. The molecule has 0 bridgehead atoms. The maximum Gasteiger partial charge on any atom is 0.309 e. The third-order valence-electron chi connectivity index (χ3n) is 6.48. The van der Waals surface area contributed by atoms with Gasteiger partial charge in [-0.25, -0.2) is 0 Å². The molecular weight excluding hydrogens is 518 g/mol. The molecule has 0 spiro atoms. The number of methoxy groups -OCH3 is 2. The molecule has 4 aromatic rings. The maximum atomic E-state index is 12.5. The van der Waals surface area contributed by atoms with Gasteiger partial charge in [-0.1, -0.05) is 50.6 Å². The lowest BCUT2D eigenvalue weighted by atomic mass is 9.92. The van der Waals surface area contributed by atoms with E-state index in [-0.39, 0.29) is 17.2 Å². The van der Waals surface area contributed by atoms with Crippen LogP contribution in [0.15, 0.2) is 60.7 Å². The van der Waals surface area contributed by atoms with Crippen molar-refractivity contribution in [2.45, 2.75) is 48.0 Å². The molecule has 214 valence electrons. The second-order valence-electron chi connectivity index (χ2n) is 11.3. The van der Waals surface area contributed by atoms with Crippen LogP contribution in [0.25, 0.3) is 28.1 Å². The maximum absolute atomic E-state index is 12.5. The van der Waals surface area contributed by atoms with E-state index in [0.29, 0.717) is 40.4 Å². The number of hydrogen-bond acceptors (Lipinski definition) is 6. The summed E-state index contributed by atoms with van der Waals surface area (Å²) in [5.41, 5.74) is 6.01. The fourth-order valence-corrected chi connectivity index (χ4v) is 4.69. The molecule has 8 heteroatoms. The summed E-state index contributed by atoms with van der Waals surface area (Å²) in [5.74, 6) is 0.934. The van der Waals surface area contributed by atoms with E-state index in [1.54, 1.807) is 25.0 Å². The zero-order valence-electron chi connectivity index (χ0n) is 24.9. The lowest BCUT2D eigenvalue weighted by Gasteiger charge is -2.17. The summed E-state index contributed by atoms with van der Waals surface area (Å²) in [6.07, 6.45) is 0.398. The first kappa shape index (κ1) is 29.4. The summed E-state index contributed by atoms with van der Waals surface area (Å²) >= 11 is 0. The van der Waals surface area contributed by atoms with E-state index in [0.717, 1.165) is 22.4 Å². The van der Waals surface area contributed by atoms with E-state index in [1.807, 2.05) is 83.1 Å². The van der Waals surface area contributed by atoms with Gasteiger partial charge in [0, 0.05) is 30.7 Å². The van der Waals surface area contributed by atoms with Gasteiger partial charge in [0.05, 0.1) is 25.5 Å². The lowest BCUT2D eigenvalue weighted by molar-refractivity contribution is -0.132. The average Bonchev–Trinajstić information content (AvgIpc) is 3.25. The summed E-state index contributed by atoms with van der Waals surface area (Å²) in [6, 6.07) is 18.9. The number of hydrogen-bond donors (Lipinski definition) is 1. The summed E-state index contributed by atoms with van der Waals surface area (Å²) < 4.78 is 18.7. The molecule has 0 aliphatic carbocycles. The number of esters is 1. The minimum atomic E-state index is -0.475. The number of carbonyl (C=O) groups excluding carboxylic acids is 2. The van der Waals surface area contributed by atoms with E-state index in [9.17, 15) is 9.59 Å². The molecule has 0 atom stereocenters. The van der Waals surface area contributed by atoms with Crippen LogP contribution in [0.5, 0.6) is 17.4 Å². The fourth-order valence-electron chi connectivity index (χ4n) is 4.69. The highest BCUT2D eigenvalue weighted by atomic mass is 16.5. The van der Waals surface area contributed by atoms with Crippen molar-refractivity contribution >= 4 is 17.6 Å². The van der Waals surface area contributed by atoms with Gasteiger partial charge < -0.3 is 19.5 Å². The highest BCUT2D eigenvalue weighted by molar-refractivity contribution is 5.93. The van der Waals surface area contributed by atoms with Crippen LogP contribution in [0.1, 0.15) is 45.2 Å². The molecule has 0 aliphatic rings. The van der Waals surface area contributed by atoms with Crippen molar-refractivity contribution < 1.29 is 23.8 Å². The minimum Gasteiger partial charge on any atom is -0.497 e. The zero-order chi connectivity index (χ0) is 29.9. The Bertz CT molecular complexity index is 1580. The van der Waals surface area contributed by atoms with Crippen molar-refractivity contribution in [2.24, 2.45) is 5.41 Å². The van der Waals surface area contributed by atoms with E-state index < -0.39 is 5.97 Å². The van der Waals surface area contributed by atoms with Crippen LogP contribution in [0.3, 0.4) is 0 Å². The number of ether oxygens (including phenoxy) is 3. The number of nitrogens with zero attached hydrogens (tertiary/aromatic N) is 2. The lowest BCUT2D eigenvalue weighted by Crippen LogP contribution is -2.19. The average molecular weight is 556 g/mol. The molecular formula is C33H37N3O5. The highest BCUT2D eigenvalue weighted by Gasteiger charge is 2.27. The van der Waals surface area contributed by atoms with E-state index in [1.165, 1.54) is 6.92 Å². The van der Waals surface area contributed by atoms with Crippen molar-refractivity contribution in [1.29, 1.82) is 0 Å². The number of benzene rings is 3. The third kappa shape index (κ3) is 6.77. The first-order valence-corrected chi connectivity index (χ1v) is 13.4. The first-order valence-electron chi connectivity index (χ1n) is 13.4. The number of anilines is 1. The summed E-state index contributed by atoms with van der Waals surface area (Å²) in [7, 11) is 3.18. The van der Waals surface area contributed by atoms with Gasteiger partial charge in [0.15, 0.2) is 0 Å². The van der Waals surface area contributed by atoms with Gasteiger partial charge in [0.1, 0.15) is 17.2 Å². The standard InChI is InChI=1S/C33H37N3O5/c1-20-9-16-27(21(2)17-20)36-32(41-22(3)37)30(31(35-36)26-15-14-25(39-7)18-28(26)40-8)23-10-12-24(13-11-23)34-29(38)19-33(4,5)6/h9-18H,19H2,1-8H3,(H,34,38). The minimum absolute atomic E-state index is 0.0582. The van der Waals surface area contributed by atoms with Gasteiger partial charge in [-0.2, -0.15) is 9.78 Å². The second-order valence-corrected chi connectivity index (χ2v) is 11.3. The van der Waals surface area contributed by atoms with Crippen LogP contribution in [-0.4, -0.2) is 35.9 Å². The Morgan fingerprint density at radius 3 is 2.22 bits per heavy atom. The van der Waals surface area contributed by atoms with Gasteiger partial charge >= 0.3 is 5.97 Å². The zero-order valence-corrected chi connectivity index (χ0v) is 24.9. The molecule has 8 nitrogen and oxygen atoms in total. The molecule has 0 unspecified atom stereocenters. The SMILES string of the molecule is COc1ccc(-c2nn(-c3ccc(C)cc3C)c(OC(C)=O)c2-c2ccc(NC(=O)CC(C)(C)C)cc2)c(OC)c1. The normalized spacial score (nSPS) is 11.2. The predicted octanol–water partition coefficient (Wildman–Crippen LogP) is 7.14. The molecule has 1 heterocycles. The van der Waals surface area contributed by atoms with Crippen molar-refractivity contribution in [3.63, 3.8) is 0 Å². The molecule has 1 N–H and O–H groups in total. The molecule has 0 radical (unpaired) electrons. The molecule has 4 rings (SSSR count). The van der Waals surface area contributed by atoms with Gasteiger partial charge in [0.2, 0.25) is 11.8 Å². The molecule has 0 saturated heterocycles. The van der Waals surface area contributed by atoms with Crippen LogP contribution in [0.2, 0.25) is 0 Å². The molecule has 1 amide bonds. The van der Waals surface area contributed by atoms with Crippen LogP contribution in [0, 0.1) is 19.3 Å². The van der Waals surface area contributed by atoms with E-state index >= 15 is 0 Å². The van der Waals surface area contributed by atoms with Gasteiger partial charge in [-0.3, -0.25) is 9.59 Å². The van der Waals surface area contributed by atoms with Crippen LogP contribution < -0.4 is 19.5 Å². The van der Waals surface area contributed by atoms with Crippen molar-refractivity contribution in [1.82, 2.24) is 9.78 Å². The largest absolute Gasteiger partial charge is 0.497 e. The Kier molecular flexibility index (Phi) is 8.52. The predicted molar refractivity (Wildman–Crippen MR) is 161 cm³/mol. The van der Waals surface area contributed by atoms with Crippen LogP contribution >= 0.6 is 0 Å². The van der Waals surface area contributed by atoms with E-state index in [2.05, 4.69) is 11.4 Å². The highest BCUT2D eigenvalue weighted by Crippen LogP contribution is 2.45. The number of nitrogens with one attached hydrogen (secondary N) is 1. The van der Waals surface area contributed by atoms with Crippen LogP contribution in [0.4, 0.5) is 5.69 Å². The Balaban J connectivity index is 1.93. The van der Waals surface area contributed by atoms with Gasteiger partial charge in [-0.05, 0) is 60.7 Å². The van der Waals surface area contributed by atoms with Gasteiger partial charge in [-0.15, -0.1) is 0 Å². The van der Waals surface area contributed by atoms with E-state index in [4.69, 9.17) is 19.3 Å². The number of carbonyl (C=O) groups is 2. The quantitative estimate of drug-likeness (QED) is 0.232. The molecule has 0 saturated carbocycles. The van der Waals surface area contributed by atoms with Gasteiger partial charge in [0.25, 0.3) is 0 Å². The van der Waals surface area contributed by atoms with Crippen LogP contribution in [-0.2, 0) is 9.59 Å². The topological polar surface area (TPSA) is 91.7 Å².